The number of rotatable bonds is 8. The molecule has 0 bridgehead atoms. The first-order chi connectivity index (χ1) is 22.3. The predicted octanol–water partition coefficient (Wildman–Crippen LogP) is 4.27. The van der Waals surface area contributed by atoms with Crippen LogP contribution in [0.5, 0.6) is 5.75 Å². The number of hydrogen-bond donors (Lipinski definition) is 1. The SMILES string of the molecule is N#Cc1ccc(CN2CCC(NC(=O)c3ccc(C(=O)N4CCC(Oc5ccc(S(=O)(=O)C(F)(F)F)cc5)CC4)nc3)[C@H](F)C2)cc1. The standard InChI is InChI=1S/C32H31F4N5O5S/c33-27-20-40(19-22-3-1-21(17-37)2-4-22)14-13-28(27)39-30(42)23-5-10-29(38-18-23)31(43)41-15-11-25(12-16-41)46-24-6-8-26(9-7-24)47(44,45)32(34,35)36/h1-10,18,25,27-28H,11-16,19-20H2,(H,39,42)/t27-,28?/m1/s1. The normalized spacial score (nSPS) is 19.5. The molecule has 1 aromatic heterocycles. The first-order valence-electron chi connectivity index (χ1n) is 14.8. The number of aromatic nitrogens is 1. The van der Waals surface area contributed by atoms with Gasteiger partial charge in [0.05, 0.1) is 28.1 Å². The zero-order chi connectivity index (χ0) is 33.8. The van der Waals surface area contributed by atoms with Gasteiger partial charge in [0.2, 0.25) is 0 Å². The fourth-order valence-corrected chi connectivity index (χ4v) is 6.25. The summed E-state index contributed by atoms with van der Waals surface area (Å²) in [5.41, 5.74) is -3.56. The van der Waals surface area contributed by atoms with Gasteiger partial charge in [-0.1, -0.05) is 12.1 Å². The number of sulfone groups is 1. The third-order valence-corrected chi connectivity index (χ3v) is 9.65. The maximum atomic E-state index is 15.0. The van der Waals surface area contributed by atoms with E-state index in [4.69, 9.17) is 10.00 Å². The first-order valence-corrected chi connectivity index (χ1v) is 16.3. The number of alkyl halides is 4. The average molecular weight is 674 g/mol. The second-order valence-corrected chi connectivity index (χ2v) is 13.3. The van der Waals surface area contributed by atoms with E-state index >= 15 is 0 Å². The maximum absolute atomic E-state index is 15.0. The van der Waals surface area contributed by atoms with Crippen LogP contribution in [0.2, 0.25) is 0 Å². The minimum Gasteiger partial charge on any atom is -0.490 e. The van der Waals surface area contributed by atoms with E-state index in [2.05, 4.69) is 16.4 Å². The van der Waals surface area contributed by atoms with Crippen molar-refractivity contribution in [3.63, 3.8) is 0 Å². The van der Waals surface area contributed by atoms with Gasteiger partial charge in [0, 0.05) is 51.8 Å². The van der Waals surface area contributed by atoms with Crippen LogP contribution in [0.3, 0.4) is 0 Å². The summed E-state index contributed by atoms with van der Waals surface area (Å²) >= 11 is 0. The molecule has 2 aliphatic rings. The van der Waals surface area contributed by atoms with Crippen molar-refractivity contribution in [3.05, 3.63) is 89.2 Å². The van der Waals surface area contributed by atoms with Gasteiger partial charge in [0.15, 0.2) is 0 Å². The Morgan fingerprint density at radius 2 is 1.66 bits per heavy atom. The van der Waals surface area contributed by atoms with Gasteiger partial charge in [0.1, 0.15) is 23.7 Å². The van der Waals surface area contributed by atoms with Crippen LogP contribution in [0, 0.1) is 11.3 Å². The Bertz CT molecular complexity index is 1720. The van der Waals surface area contributed by atoms with Crippen molar-refractivity contribution in [2.75, 3.05) is 26.2 Å². The number of benzene rings is 2. The summed E-state index contributed by atoms with van der Waals surface area (Å²) in [6.07, 6.45) is 0.908. The number of pyridine rings is 1. The van der Waals surface area contributed by atoms with E-state index in [0.717, 1.165) is 29.8 Å². The van der Waals surface area contributed by atoms with Gasteiger partial charge in [0.25, 0.3) is 21.7 Å². The predicted molar refractivity (Wildman–Crippen MR) is 161 cm³/mol. The minimum atomic E-state index is -5.45. The number of nitrogens with zero attached hydrogens (tertiary/aromatic N) is 4. The number of hydrogen-bond acceptors (Lipinski definition) is 8. The first kappa shape index (κ1) is 33.8. The summed E-state index contributed by atoms with van der Waals surface area (Å²) < 4.78 is 82.1. The van der Waals surface area contributed by atoms with Gasteiger partial charge in [-0.15, -0.1) is 0 Å². The molecular formula is C32H31F4N5O5S. The molecule has 2 fully saturated rings. The fraction of sp³-hybridized carbons (Fsp3) is 0.375. The lowest BCUT2D eigenvalue weighted by molar-refractivity contribution is -0.0436. The maximum Gasteiger partial charge on any atom is 0.501 e. The fourth-order valence-electron chi connectivity index (χ4n) is 5.49. The number of piperidine rings is 2. The molecule has 2 atom stereocenters. The van der Waals surface area contributed by atoms with E-state index in [1.165, 1.54) is 18.3 Å². The highest BCUT2D eigenvalue weighted by atomic mass is 32.2. The lowest BCUT2D eigenvalue weighted by Gasteiger charge is -2.35. The van der Waals surface area contributed by atoms with Crippen molar-refractivity contribution in [2.24, 2.45) is 0 Å². The highest BCUT2D eigenvalue weighted by Gasteiger charge is 2.46. The third kappa shape index (κ3) is 8.06. The van der Waals surface area contributed by atoms with E-state index in [9.17, 15) is 35.6 Å². The van der Waals surface area contributed by atoms with Crippen molar-refractivity contribution < 1.29 is 40.3 Å². The summed E-state index contributed by atoms with van der Waals surface area (Å²) in [5, 5.41) is 11.7. The zero-order valence-electron chi connectivity index (χ0n) is 25.0. The lowest BCUT2D eigenvalue weighted by Crippen LogP contribution is -2.52. The largest absolute Gasteiger partial charge is 0.501 e. The van der Waals surface area contributed by atoms with Crippen molar-refractivity contribution >= 4 is 21.7 Å². The quantitative estimate of drug-likeness (QED) is 0.351. The number of halogens is 4. The van der Waals surface area contributed by atoms with Crippen LogP contribution < -0.4 is 10.1 Å². The molecule has 0 radical (unpaired) electrons. The second kappa shape index (κ2) is 14.1. The number of likely N-dealkylation sites (tertiary alicyclic amines) is 2. The summed E-state index contributed by atoms with van der Waals surface area (Å²) in [6, 6.07) is 15.4. The molecule has 2 aromatic carbocycles. The van der Waals surface area contributed by atoms with Gasteiger partial charge >= 0.3 is 5.51 Å². The van der Waals surface area contributed by atoms with Crippen LogP contribution in [0.15, 0.2) is 71.8 Å². The molecule has 15 heteroatoms. The molecule has 0 spiro atoms. The molecule has 5 rings (SSSR count). The van der Waals surface area contributed by atoms with Crippen molar-refractivity contribution in [3.8, 4) is 11.8 Å². The molecule has 1 N–H and O–H groups in total. The third-order valence-electron chi connectivity index (χ3n) is 8.15. The smallest absolute Gasteiger partial charge is 0.490 e. The van der Waals surface area contributed by atoms with Crippen molar-refractivity contribution in [1.82, 2.24) is 20.1 Å². The Labute approximate surface area is 268 Å². The Balaban J connectivity index is 1.07. The minimum absolute atomic E-state index is 0.127. The van der Waals surface area contributed by atoms with Gasteiger partial charge < -0.3 is 15.0 Å². The highest BCUT2D eigenvalue weighted by molar-refractivity contribution is 7.92. The van der Waals surface area contributed by atoms with Crippen LogP contribution in [0.4, 0.5) is 17.6 Å². The molecule has 2 aliphatic heterocycles. The summed E-state index contributed by atoms with van der Waals surface area (Å²) in [5.74, 6) is -0.638. The number of carbonyl (C=O) groups is 2. The molecule has 3 heterocycles. The Kier molecular flexibility index (Phi) is 10.1. The van der Waals surface area contributed by atoms with E-state index in [-0.39, 0.29) is 35.6 Å². The molecule has 47 heavy (non-hydrogen) atoms. The number of amides is 2. The van der Waals surface area contributed by atoms with Crippen LogP contribution in [0.25, 0.3) is 0 Å². The van der Waals surface area contributed by atoms with Gasteiger partial charge in [-0.25, -0.2) is 12.8 Å². The monoisotopic (exact) mass is 673 g/mol. The number of carbonyl (C=O) groups excluding carboxylic acids is 2. The summed E-state index contributed by atoms with van der Waals surface area (Å²) in [6.45, 7) is 1.90. The Morgan fingerprint density at radius 3 is 2.23 bits per heavy atom. The number of nitriles is 1. The molecule has 0 saturated carbocycles. The van der Waals surface area contributed by atoms with Crippen molar-refractivity contribution in [1.29, 1.82) is 5.26 Å². The van der Waals surface area contributed by atoms with E-state index in [1.54, 1.807) is 17.0 Å². The molecule has 248 valence electrons. The van der Waals surface area contributed by atoms with Crippen LogP contribution >= 0.6 is 0 Å². The molecule has 10 nitrogen and oxygen atoms in total. The number of nitrogens with one attached hydrogen (secondary N) is 1. The molecule has 3 aromatic rings. The van der Waals surface area contributed by atoms with E-state index in [1.807, 2.05) is 17.0 Å². The second-order valence-electron chi connectivity index (χ2n) is 11.4. The molecule has 2 saturated heterocycles. The van der Waals surface area contributed by atoms with E-state index in [0.29, 0.717) is 51.0 Å². The number of ether oxygens (including phenoxy) is 1. The topological polar surface area (TPSA) is 133 Å². The molecular weight excluding hydrogens is 642 g/mol. The van der Waals surface area contributed by atoms with E-state index < -0.39 is 38.4 Å². The summed E-state index contributed by atoms with van der Waals surface area (Å²) in [7, 11) is -5.45. The van der Waals surface area contributed by atoms with Gasteiger partial charge in [-0.3, -0.25) is 19.5 Å². The van der Waals surface area contributed by atoms with Crippen LogP contribution in [0.1, 0.15) is 51.2 Å². The molecule has 0 aliphatic carbocycles. The average Bonchev–Trinajstić information content (AvgIpc) is 3.06. The highest BCUT2D eigenvalue weighted by Crippen LogP contribution is 2.31. The zero-order valence-corrected chi connectivity index (χ0v) is 25.8. The molecule has 2 amide bonds. The Morgan fingerprint density at radius 1 is 0.979 bits per heavy atom. The summed E-state index contributed by atoms with van der Waals surface area (Å²) in [4.78, 5) is 32.6. The van der Waals surface area contributed by atoms with Crippen LogP contribution in [-0.2, 0) is 16.4 Å². The van der Waals surface area contributed by atoms with Gasteiger partial charge in [-0.05, 0) is 60.5 Å². The van der Waals surface area contributed by atoms with Crippen molar-refractivity contribution in [2.45, 2.75) is 54.5 Å². The van der Waals surface area contributed by atoms with Crippen LogP contribution in [-0.4, -0.2) is 85.0 Å². The van der Waals surface area contributed by atoms with Gasteiger partial charge in [-0.2, -0.15) is 18.4 Å². The Hall–Kier alpha value is -4.55. The lowest BCUT2D eigenvalue weighted by atomic mass is 10.0. The molecule has 1 unspecified atom stereocenters.